The topological polar surface area (TPSA) is 656 Å². The number of nitrogens with zero attached hydrogens (tertiary/aromatic N) is 18. The molecule has 0 amide bonds. The van der Waals surface area contributed by atoms with Crippen LogP contribution >= 0.6 is 0 Å². The summed E-state index contributed by atoms with van der Waals surface area (Å²) in [5.74, 6) is -2.24. The molecule has 0 radical (unpaired) electrons. The SMILES string of the molecule is NCCCc1nc(=NCCCc2nc(=NCCCc3nc(=NCCCc4nc(NCCCc5nc(NCCCc6nc(N)nc(NCCC(=O)O)n6)nc(NCCC(=O)O)n5)nc(NCCC(=O)O)n4)nc(NCCC(=O)O)[nH]3)[nH]c(=NCCC(=O)O)[nH]2)[nH]c(=NCCC(=O)O)[nH]1. The highest BCUT2D eigenvalue weighted by Crippen LogP contribution is 2.12. The van der Waals surface area contributed by atoms with Gasteiger partial charge >= 0.3 is 35.8 Å². The summed E-state index contributed by atoms with van der Waals surface area (Å²) >= 11 is 0. The molecule has 0 unspecified atom stereocenters. The smallest absolute Gasteiger partial charge is 0.305 e. The highest BCUT2D eigenvalue weighted by Gasteiger charge is 2.13. The number of hydrogen-bond acceptors (Lipinski definition) is 32. The molecule has 43 nitrogen and oxygen atoms in total. The maximum Gasteiger partial charge on any atom is 0.305 e. The van der Waals surface area contributed by atoms with E-state index in [4.69, 9.17) is 21.7 Å². The van der Waals surface area contributed by atoms with Crippen molar-refractivity contribution < 1.29 is 59.4 Å². The molecule has 0 aliphatic rings. The van der Waals surface area contributed by atoms with E-state index < -0.39 is 35.8 Å². The zero-order valence-electron chi connectivity index (χ0n) is 53.1. The van der Waals surface area contributed by atoms with Crippen LogP contribution in [0.1, 0.15) is 112 Å². The van der Waals surface area contributed by atoms with Gasteiger partial charge in [-0.25, -0.2) is 4.99 Å². The summed E-state index contributed by atoms with van der Waals surface area (Å²) in [5.41, 5.74) is 12.8. The number of aryl methyl sites for hydroxylation is 6. The third-order valence-corrected chi connectivity index (χ3v) is 12.7. The number of nitrogens with one attached hydrogen (secondary N) is 11. The van der Waals surface area contributed by atoms with E-state index in [0.29, 0.717) is 149 Å². The summed E-state index contributed by atoms with van der Waals surface area (Å²) in [5, 5.41) is 73.0. The Bertz CT molecular complexity index is 3950. The van der Waals surface area contributed by atoms with Crippen molar-refractivity contribution >= 4 is 77.5 Å². The van der Waals surface area contributed by atoms with Crippen LogP contribution in [0.3, 0.4) is 0 Å². The summed E-state index contributed by atoms with van der Waals surface area (Å²) < 4.78 is 0. The van der Waals surface area contributed by atoms with Gasteiger partial charge in [-0.15, -0.1) is 0 Å². The molecule has 6 aromatic rings. The van der Waals surface area contributed by atoms with E-state index in [1.165, 1.54) is 0 Å². The number of hydrogen-bond donors (Lipinski definition) is 19. The quantitative estimate of drug-likeness (QED) is 0.0169. The molecule has 21 N–H and O–H groups in total. The molecule has 0 aromatic carbocycles. The molecule has 0 saturated carbocycles. The zero-order chi connectivity index (χ0) is 69.6. The highest BCUT2D eigenvalue weighted by molar-refractivity contribution is 5.69. The summed E-state index contributed by atoms with van der Waals surface area (Å²) in [6.07, 6.45) is 4.15. The molecule has 0 spiro atoms. The molecule has 0 fully saturated rings. The van der Waals surface area contributed by atoms with E-state index in [1.807, 2.05) is 0 Å². The Morgan fingerprint density at radius 3 is 1.15 bits per heavy atom. The third-order valence-electron chi connectivity index (χ3n) is 12.7. The number of aromatic amines is 5. The van der Waals surface area contributed by atoms with E-state index in [2.05, 4.69) is 147 Å². The molecule has 6 rings (SSSR count). The van der Waals surface area contributed by atoms with Gasteiger partial charge in [-0.05, 0) is 45.1 Å². The van der Waals surface area contributed by atoms with Crippen molar-refractivity contribution in [1.82, 2.24) is 89.7 Å². The maximum absolute atomic E-state index is 11.4. The number of nitrogens with two attached hydrogens (primary N) is 2. The molecule has 0 atom stereocenters. The molecular formula is C54H81N31O12. The first-order valence-electron chi connectivity index (χ1n) is 31.1. The van der Waals surface area contributed by atoms with Crippen LogP contribution in [0.25, 0.3) is 0 Å². The van der Waals surface area contributed by atoms with Gasteiger partial charge in [0, 0.05) is 97.4 Å². The number of aromatic nitrogens is 18. The number of rotatable bonds is 47. The Morgan fingerprint density at radius 2 is 0.711 bits per heavy atom. The van der Waals surface area contributed by atoms with Crippen LogP contribution in [0.15, 0.2) is 25.0 Å². The van der Waals surface area contributed by atoms with Crippen LogP contribution in [0.4, 0.5) is 41.6 Å². The largest absolute Gasteiger partial charge is 0.481 e. The first kappa shape index (κ1) is 74.5. The van der Waals surface area contributed by atoms with E-state index in [1.54, 1.807) is 0 Å². The number of anilines is 7. The van der Waals surface area contributed by atoms with Crippen LogP contribution in [-0.2, 0) is 67.3 Å². The Balaban J connectivity index is 1.09. The van der Waals surface area contributed by atoms with E-state index in [-0.39, 0.29) is 149 Å². The van der Waals surface area contributed by atoms with Gasteiger partial charge in [-0.3, -0.25) is 58.7 Å². The molecule has 0 saturated heterocycles. The van der Waals surface area contributed by atoms with Gasteiger partial charge in [0.25, 0.3) is 0 Å². The summed E-state index contributed by atoms with van der Waals surface area (Å²) in [6, 6.07) is 0. The van der Waals surface area contributed by atoms with Crippen LogP contribution in [0.2, 0.25) is 0 Å². The Labute approximate surface area is 550 Å². The summed E-state index contributed by atoms with van der Waals surface area (Å²) in [4.78, 5) is 163. The zero-order valence-corrected chi connectivity index (χ0v) is 53.1. The molecule has 0 aliphatic carbocycles. The van der Waals surface area contributed by atoms with Gasteiger partial charge in [-0.2, -0.15) is 64.8 Å². The van der Waals surface area contributed by atoms with Gasteiger partial charge < -0.3 is 89.0 Å². The fourth-order valence-electron chi connectivity index (χ4n) is 8.28. The number of carboxylic acids is 6. The van der Waals surface area contributed by atoms with Crippen molar-refractivity contribution in [3.05, 3.63) is 63.0 Å². The predicted molar refractivity (Wildman–Crippen MR) is 342 cm³/mol. The first-order chi connectivity index (χ1) is 46.8. The fourth-order valence-corrected chi connectivity index (χ4v) is 8.28. The van der Waals surface area contributed by atoms with Crippen LogP contribution in [0.5, 0.6) is 0 Å². The van der Waals surface area contributed by atoms with Crippen molar-refractivity contribution in [3.8, 4) is 0 Å². The lowest BCUT2D eigenvalue weighted by atomic mass is 10.3. The van der Waals surface area contributed by atoms with Crippen molar-refractivity contribution in [2.24, 2.45) is 30.7 Å². The second-order valence-corrected chi connectivity index (χ2v) is 20.9. The van der Waals surface area contributed by atoms with E-state index in [0.717, 1.165) is 0 Å². The van der Waals surface area contributed by atoms with Crippen molar-refractivity contribution in [2.45, 2.75) is 116 Å². The van der Waals surface area contributed by atoms with Crippen molar-refractivity contribution in [1.29, 1.82) is 0 Å². The Hall–Kier alpha value is -11.6. The number of nitrogen functional groups attached to an aromatic ring is 1. The average molecular weight is 1360 g/mol. The van der Waals surface area contributed by atoms with Gasteiger partial charge in [0.15, 0.2) is 0 Å². The van der Waals surface area contributed by atoms with Crippen LogP contribution < -0.4 is 71.5 Å². The van der Waals surface area contributed by atoms with Gasteiger partial charge in [0.05, 0.1) is 51.6 Å². The van der Waals surface area contributed by atoms with Crippen LogP contribution in [-0.4, -0.2) is 235 Å². The number of carboxylic acid groups (broad SMARTS) is 6. The maximum atomic E-state index is 11.4. The standard InChI is InChI=1S/C54H81N31O12/c55-19-1-7-32-70-45(81-50(71-32)63-26-14-38(88)89)58-21-3-9-34-73-47(83-52(77-34)65-28-16-40(92)93)60-23-5-11-36-75-49(85-54(79-36)67-30-18-42(96)97)61-24-6-12-35-74-48(84-53(78-35)66-29-17-41(94)95)59-22-4-10-33-72-46(82-51(76-33)64-27-15-39(90)91)57-20-2-8-31-68-43(56)80-44(69-31)62-25-13-37(86)87/h1-30,55H2,(H,86,87)(H,88,89)(H,90,91)(H,92,93)(H,94,95)(H,96,97)(H3,56,62,68,69,80)(H2,57,64,72,76,82)(H2,58,63,70,71,81)(H2,59,66,74,78,84)(H2,60,65,73,77,83)(H2,61,67,75,79,85). The number of carbonyl (C=O) groups is 6. The van der Waals surface area contributed by atoms with Crippen molar-refractivity contribution in [3.63, 3.8) is 0 Å². The van der Waals surface area contributed by atoms with Gasteiger partial charge in [0.2, 0.25) is 69.7 Å². The minimum absolute atomic E-state index is 0.0182. The lowest BCUT2D eigenvalue weighted by Gasteiger charge is -2.11. The molecule has 6 heterocycles. The highest BCUT2D eigenvalue weighted by atomic mass is 16.4. The van der Waals surface area contributed by atoms with Gasteiger partial charge in [-0.1, -0.05) is 0 Å². The monoisotopic (exact) mass is 1360 g/mol. The molecule has 0 bridgehead atoms. The fraction of sp³-hybridized carbons (Fsp3) is 0.556. The van der Waals surface area contributed by atoms with Gasteiger partial charge in [0.1, 0.15) is 34.9 Å². The number of aliphatic carboxylic acids is 6. The second-order valence-electron chi connectivity index (χ2n) is 20.9. The lowest BCUT2D eigenvalue weighted by molar-refractivity contribution is -0.137. The lowest BCUT2D eigenvalue weighted by Crippen LogP contribution is -2.31. The normalized spacial score (nSPS) is 12.2. The Morgan fingerprint density at radius 1 is 0.340 bits per heavy atom. The van der Waals surface area contributed by atoms with E-state index >= 15 is 0 Å². The minimum Gasteiger partial charge on any atom is -0.481 e. The molecule has 97 heavy (non-hydrogen) atoms. The average Bonchev–Trinajstić information content (AvgIpc) is 1.63. The third kappa shape index (κ3) is 31.3. The van der Waals surface area contributed by atoms with Crippen molar-refractivity contribution in [2.75, 3.05) is 116 Å². The van der Waals surface area contributed by atoms with E-state index in [9.17, 15) is 49.2 Å². The number of H-pyrrole nitrogens is 5. The molecule has 0 aliphatic heterocycles. The predicted octanol–water partition coefficient (Wildman–Crippen LogP) is -3.08. The second kappa shape index (κ2) is 41.2. The first-order valence-corrected chi connectivity index (χ1v) is 31.1. The molecule has 6 aromatic heterocycles. The molecule has 43 heteroatoms. The van der Waals surface area contributed by atoms with Crippen LogP contribution in [0, 0.1) is 0 Å². The summed E-state index contributed by atoms with van der Waals surface area (Å²) in [6.45, 7) is 2.16. The minimum atomic E-state index is -1.02. The molecule has 524 valence electrons. The molecular weight excluding hydrogens is 1270 g/mol. The summed E-state index contributed by atoms with van der Waals surface area (Å²) in [7, 11) is 0. The Kier molecular flexibility index (Phi) is 31.6.